The summed E-state index contributed by atoms with van der Waals surface area (Å²) in [7, 11) is 2.00. The fourth-order valence-electron chi connectivity index (χ4n) is 3.16. The van der Waals surface area contributed by atoms with Crippen LogP contribution in [-0.4, -0.2) is 68.0 Å². The summed E-state index contributed by atoms with van der Waals surface area (Å²) in [6, 6.07) is 1.84. The summed E-state index contributed by atoms with van der Waals surface area (Å²) in [6.07, 6.45) is 0.355. The van der Waals surface area contributed by atoms with Crippen LogP contribution in [0.15, 0.2) is 6.07 Å². The van der Waals surface area contributed by atoms with Gasteiger partial charge in [0.25, 0.3) is 5.91 Å². The summed E-state index contributed by atoms with van der Waals surface area (Å²) in [4.78, 5) is 16.6. The lowest BCUT2D eigenvalue weighted by atomic mass is 9.90. The number of carbonyl (C=O) groups excluding carboxylic acids is 1. The predicted molar refractivity (Wildman–Crippen MR) is 80.0 cm³/mol. The van der Waals surface area contributed by atoms with Crippen molar-refractivity contribution in [3.8, 4) is 0 Å². The molecule has 7 nitrogen and oxygen atoms in total. The zero-order valence-electron chi connectivity index (χ0n) is 13.2. The molecule has 2 aliphatic heterocycles. The molecule has 122 valence electrons. The second-order valence-corrected chi connectivity index (χ2v) is 6.52. The second kappa shape index (κ2) is 5.64. The van der Waals surface area contributed by atoms with Gasteiger partial charge < -0.3 is 20.0 Å². The average molecular weight is 308 g/mol. The van der Waals surface area contributed by atoms with Crippen LogP contribution in [0.25, 0.3) is 0 Å². The first-order chi connectivity index (χ1) is 10.4. The number of fused-ring (bicyclic) bond motifs is 1. The maximum absolute atomic E-state index is 12.7. The van der Waals surface area contributed by atoms with E-state index in [0.29, 0.717) is 38.2 Å². The topological polar surface area (TPSA) is 81.8 Å². The van der Waals surface area contributed by atoms with E-state index in [-0.39, 0.29) is 5.91 Å². The number of likely N-dealkylation sites (tertiary alicyclic amines) is 1. The molecule has 3 heterocycles. The highest BCUT2D eigenvalue weighted by Crippen LogP contribution is 2.26. The van der Waals surface area contributed by atoms with Crippen molar-refractivity contribution in [1.82, 2.24) is 19.6 Å². The summed E-state index contributed by atoms with van der Waals surface area (Å²) < 4.78 is 1.84. The van der Waals surface area contributed by atoms with Gasteiger partial charge in [0.1, 0.15) is 5.60 Å². The summed E-state index contributed by atoms with van der Waals surface area (Å²) in [5, 5.41) is 24.6. The maximum atomic E-state index is 12.7. The molecule has 1 fully saturated rings. The van der Waals surface area contributed by atoms with E-state index in [0.717, 1.165) is 18.8 Å². The average Bonchev–Trinajstić information content (AvgIpc) is 2.93. The van der Waals surface area contributed by atoms with Gasteiger partial charge in [0.2, 0.25) is 0 Å². The smallest absolute Gasteiger partial charge is 0.255 e. The van der Waals surface area contributed by atoms with Gasteiger partial charge in [-0.2, -0.15) is 5.10 Å². The van der Waals surface area contributed by atoms with Crippen LogP contribution < -0.4 is 0 Å². The van der Waals surface area contributed by atoms with E-state index < -0.39 is 11.7 Å². The van der Waals surface area contributed by atoms with Crippen molar-refractivity contribution in [3.63, 3.8) is 0 Å². The first kappa shape index (κ1) is 15.5. The standard InChI is InChI=1S/C15H24N4O3/c1-11(20)13-9-12-10-18(7-8-19(12)16-13)14(21)15(22)3-5-17(2)6-4-15/h9,11,20,22H,3-8,10H2,1-2H3/t11-/m1/s1. The number of hydrogen-bond acceptors (Lipinski definition) is 5. The van der Waals surface area contributed by atoms with Gasteiger partial charge in [0.05, 0.1) is 30.6 Å². The van der Waals surface area contributed by atoms with Crippen LogP contribution in [0, 0.1) is 0 Å². The SMILES string of the molecule is C[C@@H](O)c1cc2n(n1)CCN(C(=O)C1(O)CCN(C)CC1)C2. The van der Waals surface area contributed by atoms with E-state index in [9.17, 15) is 15.0 Å². The fourth-order valence-corrected chi connectivity index (χ4v) is 3.16. The quantitative estimate of drug-likeness (QED) is 0.786. The van der Waals surface area contributed by atoms with Crippen molar-refractivity contribution in [3.05, 3.63) is 17.5 Å². The number of rotatable bonds is 2. The highest BCUT2D eigenvalue weighted by Gasteiger charge is 2.42. The number of aromatic nitrogens is 2. The zero-order valence-corrected chi connectivity index (χ0v) is 13.2. The minimum Gasteiger partial charge on any atom is -0.387 e. The molecule has 1 atom stereocenters. The maximum Gasteiger partial charge on any atom is 0.255 e. The first-order valence-corrected chi connectivity index (χ1v) is 7.84. The molecule has 0 aromatic carbocycles. The summed E-state index contributed by atoms with van der Waals surface area (Å²) in [5.74, 6) is -0.174. The van der Waals surface area contributed by atoms with Gasteiger partial charge in [-0.25, -0.2) is 0 Å². The van der Waals surface area contributed by atoms with E-state index in [1.54, 1.807) is 11.8 Å². The van der Waals surface area contributed by atoms with Crippen LogP contribution in [-0.2, 0) is 17.9 Å². The molecule has 2 N–H and O–H groups in total. The molecule has 0 bridgehead atoms. The van der Waals surface area contributed by atoms with Gasteiger partial charge in [-0.05, 0) is 32.9 Å². The molecule has 3 rings (SSSR count). The van der Waals surface area contributed by atoms with Crippen molar-refractivity contribution in [2.24, 2.45) is 0 Å². The Morgan fingerprint density at radius 3 is 2.64 bits per heavy atom. The van der Waals surface area contributed by atoms with Gasteiger partial charge in [-0.3, -0.25) is 9.48 Å². The fraction of sp³-hybridized carbons (Fsp3) is 0.733. The molecule has 2 aliphatic rings. The van der Waals surface area contributed by atoms with Crippen molar-refractivity contribution in [2.75, 3.05) is 26.7 Å². The highest BCUT2D eigenvalue weighted by molar-refractivity contribution is 5.85. The largest absolute Gasteiger partial charge is 0.387 e. The van der Waals surface area contributed by atoms with Crippen LogP contribution in [0.5, 0.6) is 0 Å². The summed E-state index contributed by atoms with van der Waals surface area (Å²) >= 11 is 0. The number of piperidine rings is 1. The zero-order chi connectivity index (χ0) is 15.9. The molecule has 7 heteroatoms. The van der Waals surface area contributed by atoms with Gasteiger partial charge in [-0.1, -0.05) is 0 Å². The monoisotopic (exact) mass is 308 g/mol. The van der Waals surface area contributed by atoms with Crippen LogP contribution in [0.3, 0.4) is 0 Å². The minimum absolute atomic E-state index is 0.174. The molecule has 0 aliphatic carbocycles. The van der Waals surface area contributed by atoms with E-state index in [2.05, 4.69) is 10.00 Å². The molecule has 0 unspecified atom stereocenters. The first-order valence-electron chi connectivity index (χ1n) is 7.84. The van der Waals surface area contributed by atoms with E-state index in [1.807, 2.05) is 17.8 Å². The molecule has 1 saturated heterocycles. The Morgan fingerprint density at radius 1 is 1.32 bits per heavy atom. The molecule has 22 heavy (non-hydrogen) atoms. The Balaban J connectivity index is 1.72. The van der Waals surface area contributed by atoms with Gasteiger partial charge in [0, 0.05) is 19.6 Å². The third-order valence-corrected chi connectivity index (χ3v) is 4.74. The van der Waals surface area contributed by atoms with Gasteiger partial charge in [-0.15, -0.1) is 0 Å². The van der Waals surface area contributed by atoms with Crippen LogP contribution in [0.1, 0.15) is 37.3 Å². The molecule has 1 amide bonds. The van der Waals surface area contributed by atoms with Crippen molar-refractivity contribution < 1.29 is 15.0 Å². The second-order valence-electron chi connectivity index (χ2n) is 6.52. The number of aliphatic hydroxyl groups is 2. The third kappa shape index (κ3) is 2.76. The number of nitrogens with zero attached hydrogens (tertiary/aromatic N) is 4. The van der Waals surface area contributed by atoms with Crippen molar-refractivity contribution in [2.45, 2.75) is 44.6 Å². The lowest BCUT2D eigenvalue weighted by molar-refractivity contribution is -0.157. The van der Waals surface area contributed by atoms with Gasteiger partial charge >= 0.3 is 0 Å². The lowest BCUT2D eigenvalue weighted by Gasteiger charge is -2.39. The molecule has 1 aromatic rings. The molecule has 1 aromatic heterocycles. The molecular formula is C15H24N4O3. The van der Waals surface area contributed by atoms with Crippen LogP contribution >= 0.6 is 0 Å². The van der Waals surface area contributed by atoms with Crippen LogP contribution in [0.4, 0.5) is 0 Å². The van der Waals surface area contributed by atoms with E-state index in [4.69, 9.17) is 0 Å². The van der Waals surface area contributed by atoms with Crippen molar-refractivity contribution in [1.29, 1.82) is 0 Å². The van der Waals surface area contributed by atoms with Gasteiger partial charge in [0.15, 0.2) is 0 Å². The number of carbonyl (C=O) groups is 1. The Kier molecular flexibility index (Phi) is 3.96. The Bertz CT molecular complexity index is 561. The van der Waals surface area contributed by atoms with Crippen LogP contribution in [0.2, 0.25) is 0 Å². The third-order valence-electron chi connectivity index (χ3n) is 4.74. The Morgan fingerprint density at radius 2 is 2.00 bits per heavy atom. The van der Waals surface area contributed by atoms with Crippen molar-refractivity contribution >= 4 is 5.91 Å². The number of amides is 1. The number of aliphatic hydroxyl groups excluding tert-OH is 1. The summed E-state index contributed by atoms with van der Waals surface area (Å²) in [6.45, 7) is 4.74. The molecule has 0 spiro atoms. The predicted octanol–water partition coefficient (Wildman–Crippen LogP) is -0.265. The molecule has 0 saturated carbocycles. The number of hydrogen-bond donors (Lipinski definition) is 2. The van der Waals surface area contributed by atoms with E-state index >= 15 is 0 Å². The Labute approximate surface area is 130 Å². The molecule has 0 radical (unpaired) electrons. The molecular weight excluding hydrogens is 284 g/mol. The normalized spacial score (nSPS) is 23.2. The minimum atomic E-state index is -1.23. The lowest BCUT2D eigenvalue weighted by Crippen LogP contribution is -2.55. The summed E-state index contributed by atoms with van der Waals surface area (Å²) in [5.41, 5.74) is 0.302. The Hall–Kier alpha value is -1.44. The highest BCUT2D eigenvalue weighted by atomic mass is 16.3. The van der Waals surface area contributed by atoms with E-state index in [1.165, 1.54) is 0 Å².